The first kappa shape index (κ1) is 9.81. The minimum atomic E-state index is -0.386. The van der Waals surface area contributed by atoms with E-state index in [0.717, 1.165) is 0 Å². The second-order valence-corrected chi connectivity index (χ2v) is 3.28. The lowest BCUT2D eigenvalue weighted by molar-refractivity contribution is 0.339. The van der Waals surface area contributed by atoms with E-state index < -0.39 is 0 Å². The molecule has 0 aliphatic carbocycles. The second kappa shape index (κ2) is 4.10. The van der Waals surface area contributed by atoms with E-state index in [2.05, 4.69) is 15.9 Å². The normalized spacial score (nSPS) is 10.0. The van der Waals surface area contributed by atoms with Gasteiger partial charge in [-0.15, -0.1) is 0 Å². The fourth-order valence-corrected chi connectivity index (χ4v) is 1.31. The zero-order valence-electron chi connectivity index (χ0n) is 6.40. The Morgan fingerprint density at radius 3 is 2.83 bits per heavy atom. The van der Waals surface area contributed by atoms with Crippen LogP contribution in [0.4, 0.5) is 4.39 Å². The van der Waals surface area contributed by atoms with Crippen LogP contribution in [0.3, 0.4) is 0 Å². The number of hydrogen-bond acceptors (Lipinski definition) is 1. The average Bonchev–Trinajstić information content (AvgIpc) is 2.07. The average molecular weight is 253 g/mol. The Balaban J connectivity index is 3.08. The minimum absolute atomic E-state index is 0.245. The van der Waals surface area contributed by atoms with Crippen LogP contribution in [-0.4, -0.2) is 6.61 Å². The molecular weight excluding hydrogens is 246 g/mol. The van der Waals surface area contributed by atoms with E-state index in [-0.39, 0.29) is 15.3 Å². The Labute approximate surface area is 83.6 Å². The van der Waals surface area contributed by atoms with Crippen LogP contribution in [-0.2, 0) is 0 Å². The maximum absolute atomic E-state index is 12.8. The summed E-state index contributed by atoms with van der Waals surface area (Å²) >= 11 is 8.78. The molecule has 0 saturated heterocycles. The van der Waals surface area contributed by atoms with E-state index in [9.17, 15) is 4.39 Å². The molecule has 1 aromatic rings. The fraction of sp³-hybridized carbons (Fsp3) is 0.250. The summed E-state index contributed by atoms with van der Waals surface area (Å²) < 4.78 is 18.2. The van der Waals surface area contributed by atoms with E-state index in [1.54, 1.807) is 0 Å². The van der Waals surface area contributed by atoms with Gasteiger partial charge in [-0.3, -0.25) is 0 Å². The molecular formula is C8H7BrClFO. The van der Waals surface area contributed by atoms with Gasteiger partial charge in [0.05, 0.1) is 16.1 Å². The molecule has 0 N–H and O–H groups in total. The number of ether oxygens (including phenoxy) is 1. The number of benzene rings is 1. The van der Waals surface area contributed by atoms with E-state index in [0.29, 0.717) is 12.4 Å². The predicted octanol–water partition coefficient (Wildman–Crippen LogP) is 3.64. The Kier molecular flexibility index (Phi) is 3.35. The second-order valence-electron chi connectivity index (χ2n) is 2.11. The topological polar surface area (TPSA) is 9.23 Å². The van der Waals surface area contributed by atoms with Gasteiger partial charge in [0.1, 0.15) is 11.6 Å². The van der Waals surface area contributed by atoms with E-state index in [4.69, 9.17) is 16.3 Å². The molecule has 1 nitrogen and oxygen atoms in total. The highest BCUT2D eigenvalue weighted by atomic mass is 79.9. The fourth-order valence-electron chi connectivity index (χ4n) is 0.775. The van der Waals surface area contributed by atoms with Gasteiger partial charge in [-0.1, -0.05) is 11.6 Å². The zero-order valence-corrected chi connectivity index (χ0v) is 8.75. The van der Waals surface area contributed by atoms with Crippen molar-refractivity contribution in [3.8, 4) is 5.75 Å². The number of halogens is 3. The van der Waals surface area contributed by atoms with Crippen LogP contribution in [0.1, 0.15) is 6.92 Å². The van der Waals surface area contributed by atoms with Crippen LogP contribution in [0.25, 0.3) is 0 Å². The molecule has 0 fully saturated rings. The highest BCUT2D eigenvalue weighted by Crippen LogP contribution is 2.33. The van der Waals surface area contributed by atoms with Gasteiger partial charge in [-0.25, -0.2) is 4.39 Å². The van der Waals surface area contributed by atoms with Crippen molar-refractivity contribution in [2.24, 2.45) is 0 Å². The van der Waals surface area contributed by atoms with Crippen molar-refractivity contribution in [3.05, 3.63) is 27.4 Å². The third-order valence-electron chi connectivity index (χ3n) is 1.30. The van der Waals surface area contributed by atoms with Crippen LogP contribution in [0, 0.1) is 5.82 Å². The molecule has 1 rings (SSSR count). The van der Waals surface area contributed by atoms with Gasteiger partial charge in [-0.2, -0.15) is 0 Å². The maximum atomic E-state index is 12.8. The van der Waals surface area contributed by atoms with Crippen LogP contribution in [0.2, 0.25) is 5.02 Å². The lowest BCUT2D eigenvalue weighted by Crippen LogP contribution is -1.93. The summed E-state index contributed by atoms with van der Waals surface area (Å²) in [6.07, 6.45) is 0. The molecule has 4 heteroatoms. The van der Waals surface area contributed by atoms with Crippen molar-refractivity contribution in [1.29, 1.82) is 0 Å². The molecule has 12 heavy (non-hydrogen) atoms. The summed E-state index contributed by atoms with van der Waals surface area (Å²) in [5.41, 5.74) is 0. The Bertz CT molecular complexity index is 291. The van der Waals surface area contributed by atoms with Gasteiger partial charge in [0.15, 0.2) is 0 Å². The molecule has 0 unspecified atom stereocenters. The zero-order chi connectivity index (χ0) is 9.14. The molecule has 1 aromatic carbocycles. The van der Waals surface area contributed by atoms with Gasteiger partial charge in [0.25, 0.3) is 0 Å². The van der Waals surface area contributed by atoms with Crippen LogP contribution < -0.4 is 4.74 Å². The van der Waals surface area contributed by atoms with Crippen molar-refractivity contribution in [3.63, 3.8) is 0 Å². The minimum Gasteiger partial charge on any atom is -0.492 e. The van der Waals surface area contributed by atoms with Crippen LogP contribution in [0.15, 0.2) is 16.6 Å². The molecule has 66 valence electrons. The molecule has 0 spiro atoms. The molecule has 0 aromatic heterocycles. The third kappa shape index (κ3) is 1.90. The van der Waals surface area contributed by atoms with Crippen molar-refractivity contribution in [2.75, 3.05) is 6.61 Å². The van der Waals surface area contributed by atoms with Gasteiger partial charge in [0.2, 0.25) is 0 Å². The smallest absolute Gasteiger partial charge is 0.139 e. The van der Waals surface area contributed by atoms with Crippen molar-refractivity contribution >= 4 is 27.5 Å². The third-order valence-corrected chi connectivity index (χ3v) is 2.68. The molecule has 0 heterocycles. The van der Waals surface area contributed by atoms with E-state index in [1.807, 2.05) is 6.92 Å². The molecule has 0 radical (unpaired) electrons. The summed E-state index contributed by atoms with van der Waals surface area (Å²) in [5.74, 6) is 0.107. The molecule has 0 bridgehead atoms. The lowest BCUT2D eigenvalue weighted by atomic mass is 10.3. The number of rotatable bonds is 2. The van der Waals surface area contributed by atoms with Crippen LogP contribution in [0.5, 0.6) is 5.75 Å². The monoisotopic (exact) mass is 252 g/mol. The first-order valence-corrected chi connectivity index (χ1v) is 4.60. The standard InChI is InChI=1S/C8H7BrClFO/c1-2-12-6-4-3-5(11)7(9)8(6)10/h3-4H,2H2,1H3. The van der Waals surface area contributed by atoms with Crippen molar-refractivity contribution in [1.82, 2.24) is 0 Å². The molecule has 0 atom stereocenters. The summed E-state index contributed by atoms with van der Waals surface area (Å²) in [6, 6.07) is 2.81. The maximum Gasteiger partial charge on any atom is 0.139 e. The number of hydrogen-bond donors (Lipinski definition) is 0. The summed E-state index contributed by atoms with van der Waals surface area (Å²) in [5, 5.41) is 0.275. The summed E-state index contributed by atoms with van der Waals surface area (Å²) in [7, 11) is 0. The first-order chi connectivity index (χ1) is 5.66. The Morgan fingerprint density at radius 1 is 1.58 bits per heavy atom. The highest BCUT2D eigenvalue weighted by molar-refractivity contribution is 9.10. The molecule has 0 saturated carbocycles. The van der Waals surface area contributed by atoms with Gasteiger partial charge in [-0.05, 0) is 35.0 Å². The van der Waals surface area contributed by atoms with Gasteiger partial charge < -0.3 is 4.74 Å². The largest absolute Gasteiger partial charge is 0.492 e. The molecule has 0 amide bonds. The highest BCUT2D eigenvalue weighted by Gasteiger charge is 2.09. The van der Waals surface area contributed by atoms with E-state index >= 15 is 0 Å². The summed E-state index contributed by atoms with van der Waals surface area (Å²) in [6.45, 7) is 2.35. The van der Waals surface area contributed by atoms with Gasteiger partial charge in [0, 0.05) is 0 Å². The van der Waals surface area contributed by atoms with Gasteiger partial charge >= 0.3 is 0 Å². The SMILES string of the molecule is CCOc1ccc(F)c(Br)c1Cl. The Morgan fingerprint density at radius 2 is 2.25 bits per heavy atom. The van der Waals surface area contributed by atoms with Crippen molar-refractivity contribution < 1.29 is 9.13 Å². The molecule has 0 aliphatic rings. The lowest BCUT2D eigenvalue weighted by Gasteiger charge is -2.06. The quantitative estimate of drug-likeness (QED) is 0.731. The summed E-state index contributed by atoms with van der Waals surface area (Å²) in [4.78, 5) is 0. The molecule has 0 aliphatic heterocycles. The Hall–Kier alpha value is -0.280. The van der Waals surface area contributed by atoms with E-state index in [1.165, 1.54) is 12.1 Å². The predicted molar refractivity (Wildman–Crippen MR) is 50.3 cm³/mol. The van der Waals surface area contributed by atoms with Crippen molar-refractivity contribution in [2.45, 2.75) is 6.92 Å². The van der Waals surface area contributed by atoms with Crippen LogP contribution >= 0.6 is 27.5 Å². The first-order valence-electron chi connectivity index (χ1n) is 3.43.